The molecule has 0 spiro atoms. The van der Waals surface area contributed by atoms with Crippen molar-refractivity contribution in [1.29, 1.82) is 0 Å². The zero-order valence-electron chi connectivity index (χ0n) is 10.5. The van der Waals surface area contributed by atoms with Gasteiger partial charge in [0.15, 0.2) is 11.7 Å². The molecular weight excluding hydrogens is 309 g/mol. The number of hydrogen-bond donors (Lipinski definition) is 1. The van der Waals surface area contributed by atoms with Gasteiger partial charge in [0.25, 0.3) is 0 Å². The summed E-state index contributed by atoms with van der Waals surface area (Å²) in [5.74, 6) is 0. The lowest BCUT2D eigenvalue weighted by Gasteiger charge is -2.09. The molecule has 0 bridgehead atoms. The van der Waals surface area contributed by atoms with Crippen molar-refractivity contribution < 1.29 is 23.2 Å². The molecule has 1 radical (unpaired) electrons. The zero-order chi connectivity index (χ0) is 15.6. The lowest BCUT2D eigenvalue weighted by atomic mass is 10.3. The molecule has 0 saturated heterocycles. The van der Waals surface area contributed by atoms with Gasteiger partial charge < -0.3 is 5.21 Å². The van der Waals surface area contributed by atoms with Crippen LogP contribution >= 0.6 is 11.3 Å². The Bertz CT molecular complexity index is 677. The Morgan fingerprint density at radius 2 is 2.29 bits per heavy atom. The second kappa shape index (κ2) is 5.64. The van der Waals surface area contributed by atoms with Crippen LogP contribution in [0.1, 0.15) is 28.1 Å². The Balaban J connectivity index is 2.41. The van der Waals surface area contributed by atoms with Gasteiger partial charge >= 0.3 is 6.18 Å². The van der Waals surface area contributed by atoms with Crippen molar-refractivity contribution in [2.75, 3.05) is 0 Å². The van der Waals surface area contributed by atoms with Crippen molar-refractivity contribution in [3.05, 3.63) is 33.5 Å². The van der Waals surface area contributed by atoms with Gasteiger partial charge in [0.05, 0.1) is 11.9 Å². The Hall–Kier alpha value is -2.23. The average Bonchev–Trinajstić information content (AvgIpc) is 2.99. The summed E-state index contributed by atoms with van der Waals surface area (Å²) < 4.78 is 38.8. The monoisotopic (exact) mass is 317 g/mol. The van der Waals surface area contributed by atoms with Gasteiger partial charge in [0.1, 0.15) is 5.01 Å². The van der Waals surface area contributed by atoms with Crippen LogP contribution in [0.3, 0.4) is 0 Å². The zero-order valence-corrected chi connectivity index (χ0v) is 11.3. The molecule has 6 nitrogen and oxygen atoms in total. The van der Waals surface area contributed by atoms with Gasteiger partial charge in [0, 0.05) is 11.1 Å². The minimum absolute atomic E-state index is 0.156. The highest BCUT2D eigenvalue weighted by Crippen LogP contribution is 2.30. The molecule has 0 amide bonds. The van der Waals surface area contributed by atoms with E-state index in [0.29, 0.717) is 0 Å². The molecule has 10 heteroatoms. The standard InChI is InChI=1S/C11H8F3N4O2S/c1-6-2-9(11(12,13)14)17-18(6)8(4-19)10-16-7(3-15-20)5-21-10/h2-3,5,8,20H,1H3. The number of carbonyl (C=O) groups excluding carboxylic acids is 1. The molecule has 2 aromatic rings. The Morgan fingerprint density at radius 3 is 2.81 bits per heavy atom. The quantitative estimate of drug-likeness (QED) is 0.532. The maximum Gasteiger partial charge on any atom is 0.435 e. The molecule has 1 atom stereocenters. The van der Waals surface area contributed by atoms with Crippen LogP contribution in [0, 0.1) is 6.92 Å². The molecule has 0 aliphatic carbocycles. The third kappa shape index (κ3) is 3.10. The van der Waals surface area contributed by atoms with Gasteiger partial charge in [-0.15, -0.1) is 11.3 Å². The van der Waals surface area contributed by atoms with Crippen LogP contribution in [-0.4, -0.2) is 32.5 Å². The van der Waals surface area contributed by atoms with Crippen LogP contribution in [0.4, 0.5) is 13.2 Å². The van der Waals surface area contributed by atoms with Crippen LogP contribution in [0.5, 0.6) is 0 Å². The highest BCUT2D eigenvalue weighted by Gasteiger charge is 2.35. The lowest BCUT2D eigenvalue weighted by Crippen LogP contribution is -2.16. The molecule has 1 N–H and O–H groups in total. The summed E-state index contributed by atoms with van der Waals surface area (Å²) in [7, 11) is 0. The molecule has 2 heterocycles. The molecule has 0 aliphatic rings. The predicted octanol–water partition coefficient (Wildman–Crippen LogP) is 2.17. The van der Waals surface area contributed by atoms with Crippen molar-refractivity contribution in [3.8, 4) is 0 Å². The summed E-state index contributed by atoms with van der Waals surface area (Å²) in [6.45, 7) is 1.40. The van der Waals surface area contributed by atoms with Crippen molar-refractivity contribution in [2.24, 2.45) is 5.16 Å². The van der Waals surface area contributed by atoms with E-state index < -0.39 is 17.9 Å². The number of rotatable bonds is 4. The number of thiazole rings is 1. The normalized spacial score (nSPS) is 13.7. The van der Waals surface area contributed by atoms with Crippen LogP contribution in [0.25, 0.3) is 0 Å². The van der Waals surface area contributed by atoms with Crippen LogP contribution < -0.4 is 0 Å². The van der Waals surface area contributed by atoms with Gasteiger partial charge in [0.2, 0.25) is 6.29 Å². The molecule has 111 valence electrons. The molecule has 0 saturated carbocycles. The smallest absolute Gasteiger partial charge is 0.411 e. The van der Waals surface area contributed by atoms with E-state index >= 15 is 0 Å². The molecule has 0 aromatic carbocycles. The average molecular weight is 317 g/mol. The van der Waals surface area contributed by atoms with Gasteiger partial charge in [-0.3, -0.25) is 9.48 Å². The van der Waals surface area contributed by atoms with E-state index in [4.69, 9.17) is 5.21 Å². The summed E-state index contributed by atoms with van der Waals surface area (Å²) in [6, 6.07) is -0.347. The number of alkyl halides is 3. The summed E-state index contributed by atoms with van der Waals surface area (Å²) in [5.41, 5.74) is -0.657. The predicted molar refractivity (Wildman–Crippen MR) is 67.3 cm³/mol. The van der Waals surface area contributed by atoms with E-state index in [1.165, 1.54) is 12.3 Å². The molecule has 0 aliphatic heterocycles. The second-order valence-electron chi connectivity index (χ2n) is 3.99. The summed E-state index contributed by atoms with van der Waals surface area (Å²) >= 11 is 1.02. The molecule has 0 fully saturated rings. The highest BCUT2D eigenvalue weighted by molar-refractivity contribution is 7.10. The van der Waals surface area contributed by atoms with Crippen LogP contribution in [0.15, 0.2) is 16.6 Å². The van der Waals surface area contributed by atoms with E-state index in [2.05, 4.69) is 15.2 Å². The molecule has 2 rings (SSSR count). The molecule has 2 aromatic heterocycles. The topological polar surface area (TPSA) is 80.4 Å². The first-order valence-electron chi connectivity index (χ1n) is 5.50. The number of halogens is 3. The van der Waals surface area contributed by atoms with Gasteiger partial charge in [-0.1, -0.05) is 5.16 Å². The minimum Gasteiger partial charge on any atom is -0.411 e. The SMILES string of the molecule is Cc1cc(C(F)(F)F)nn1C([C]=O)c1nc(C=NO)cs1. The van der Waals surface area contributed by atoms with Crippen molar-refractivity contribution in [2.45, 2.75) is 19.1 Å². The van der Waals surface area contributed by atoms with Gasteiger partial charge in [-0.2, -0.15) is 18.3 Å². The van der Waals surface area contributed by atoms with Gasteiger partial charge in [-0.25, -0.2) is 4.98 Å². The first kappa shape index (κ1) is 15.2. The molecular formula is C11H8F3N4O2S. The van der Waals surface area contributed by atoms with Crippen LogP contribution in [-0.2, 0) is 11.0 Å². The minimum atomic E-state index is -4.60. The van der Waals surface area contributed by atoms with Crippen molar-refractivity contribution in [3.63, 3.8) is 0 Å². The largest absolute Gasteiger partial charge is 0.435 e. The summed E-state index contributed by atoms with van der Waals surface area (Å²) in [4.78, 5) is 15.1. The molecule has 1 unspecified atom stereocenters. The third-order valence-corrected chi connectivity index (χ3v) is 3.45. The van der Waals surface area contributed by atoms with Crippen molar-refractivity contribution >= 4 is 23.8 Å². The fraction of sp³-hybridized carbons (Fsp3) is 0.273. The maximum absolute atomic E-state index is 12.6. The summed E-state index contributed by atoms with van der Waals surface area (Å²) in [5, 5.41) is 16.3. The van der Waals surface area contributed by atoms with Crippen LogP contribution in [0.2, 0.25) is 0 Å². The Morgan fingerprint density at radius 1 is 1.57 bits per heavy atom. The first-order chi connectivity index (χ1) is 9.86. The second-order valence-corrected chi connectivity index (χ2v) is 4.88. The Kier molecular flexibility index (Phi) is 4.07. The van der Waals surface area contributed by atoms with Crippen molar-refractivity contribution in [1.82, 2.24) is 14.8 Å². The van der Waals surface area contributed by atoms with Gasteiger partial charge in [-0.05, 0) is 13.0 Å². The number of oxime groups is 1. The molecule has 21 heavy (non-hydrogen) atoms. The number of nitrogens with zero attached hydrogens (tertiary/aromatic N) is 4. The number of hydrogen-bond acceptors (Lipinski definition) is 6. The number of aryl methyl sites for hydroxylation is 1. The lowest BCUT2D eigenvalue weighted by molar-refractivity contribution is -0.141. The number of aromatic nitrogens is 3. The Labute approximate surface area is 120 Å². The highest BCUT2D eigenvalue weighted by atomic mass is 32.1. The van der Waals surface area contributed by atoms with E-state index in [1.54, 1.807) is 6.29 Å². The van der Waals surface area contributed by atoms with E-state index in [0.717, 1.165) is 28.3 Å². The summed E-state index contributed by atoms with van der Waals surface area (Å²) in [6.07, 6.45) is -1.94. The van der Waals surface area contributed by atoms with E-state index in [9.17, 15) is 18.0 Å². The fourth-order valence-corrected chi connectivity index (χ4v) is 2.43. The van der Waals surface area contributed by atoms with E-state index in [1.807, 2.05) is 0 Å². The van der Waals surface area contributed by atoms with E-state index in [-0.39, 0.29) is 16.4 Å². The third-order valence-electron chi connectivity index (χ3n) is 2.53. The maximum atomic E-state index is 12.6. The fourth-order valence-electron chi connectivity index (χ4n) is 1.64. The first-order valence-corrected chi connectivity index (χ1v) is 6.38.